The van der Waals surface area contributed by atoms with Gasteiger partial charge in [-0.3, -0.25) is 0 Å². The molecule has 1 atom stereocenters. The van der Waals surface area contributed by atoms with Gasteiger partial charge in [0.25, 0.3) is 0 Å². The van der Waals surface area contributed by atoms with Crippen LogP contribution in [0, 0.1) is 0 Å². The van der Waals surface area contributed by atoms with Gasteiger partial charge in [-0.05, 0) is 42.7 Å². The van der Waals surface area contributed by atoms with Gasteiger partial charge in [-0.15, -0.1) is 0 Å². The fourth-order valence-corrected chi connectivity index (χ4v) is 2.60. The molecule has 1 nitrogen and oxygen atoms in total. The quantitative estimate of drug-likeness (QED) is 0.882. The van der Waals surface area contributed by atoms with Crippen LogP contribution >= 0.6 is 27.5 Å². The highest BCUT2D eigenvalue weighted by Crippen LogP contribution is 2.28. The summed E-state index contributed by atoms with van der Waals surface area (Å²) in [6, 6.07) is 15.9. The molecule has 0 aromatic heterocycles. The molecular weight excluding hydrogens is 310 g/mol. The van der Waals surface area contributed by atoms with Gasteiger partial charge in [-0.2, -0.15) is 0 Å². The van der Waals surface area contributed by atoms with Gasteiger partial charge in [0.2, 0.25) is 0 Å². The molecule has 0 aliphatic rings. The summed E-state index contributed by atoms with van der Waals surface area (Å²) in [6.07, 6.45) is 0.759. The molecule has 2 rings (SSSR count). The third kappa shape index (κ3) is 3.14. The monoisotopic (exact) mass is 323 g/mol. The normalized spacial score (nSPS) is 14.2. The van der Waals surface area contributed by atoms with Crippen molar-refractivity contribution in [1.82, 2.24) is 0 Å². The lowest BCUT2D eigenvalue weighted by Gasteiger charge is -2.26. The van der Waals surface area contributed by atoms with E-state index in [-0.39, 0.29) is 0 Å². The number of rotatable bonds is 3. The van der Waals surface area contributed by atoms with Crippen LogP contribution in [0.15, 0.2) is 53.0 Å². The van der Waals surface area contributed by atoms with E-state index in [1.807, 2.05) is 49.4 Å². The van der Waals surface area contributed by atoms with Crippen LogP contribution in [-0.4, -0.2) is 0 Å². The molecule has 94 valence electrons. The standard InChI is InChI=1S/C15H15BrClN/c1-15(18,12-6-4-7-13(17)9-12)10-11-5-2-3-8-14(11)16/h2-9H,10,18H2,1H3. The predicted molar refractivity (Wildman–Crippen MR) is 80.8 cm³/mol. The molecule has 18 heavy (non-hydrogen) atoms. The highest BCUT2D eigenvalue weighted by atomic mass is 79.9. The van der Waals surface area contributed by atoms with Gasteiger partial charge in [-0.25, -0.2) is 0 Å². The molecule has 2 aromatic carbocycles. The minimum absolute atomic E-state index is 0.436. The van der Waals surface area contributed by atoms with Crippen molar-refractivity contribution < 1.29 is 0 Å². The molecule has 2 aromatic rings. The van der Waals surface area contributed by atoms with Gasteiger partial charge in [0.15, 0.2) is 0 Å². The van der Waals surface area contributed by atoms with Crippen LogP contribution in [0.4, 0.5) is 0 Å². The lowest BCUT2D eigenvalue weighted by molar-refractivity contribution is 0.490. The maximum Gasteiger partial charge on any atom is 0.0422 e. The Balaban J connectivity index is 2.30. The van der Waals surface area contributed by atoms with Crippen LogP contribution in [0.2, 0.25) is 5.02 Å². The van der Waals surface area contributed by atoms with Crippen LogP contribution in [0.1, 0.15) is 18.1 Å². The molecule has 3 heteroatoms. The number of halogens is 2. The van der Waals surface area contributed by atoms with E-state index in [1.165, 1.54) is 5.56 Å². The molecule has 0 aliphatic heterocycles. The average molecular weight is 325 g/mol. The molecule has 0 fully saturated rings. The molecule has 0 saturated carbocycles. The van der Waals surface area contributed by atoms with Gasteiger partial charge in [0.1, 0.15) is 0 Å². The Labute approximate surface area is 121 Å². The van der Waals surface area contributed by atoms with Crippen molar-refractivity contribution in [3.63, 3.8) is 0 Å². The van der Waals surface area contributed by atoms with Crippen LogP contribution in [-0.2, 0) is 12.0 Å². The largest absolute Gasteiger partial charge is 0.321 e. The van der Waals surface area contributed by atoms with Gasteiger partial charge >= 0.3 is 0 Å². The highest BCUT2D eigenvalue weighted by Gasteiger charge is 2.22. The summed E-state index contributed by atoms with van der Waals surface area (Å²) in [6.45, 7) is 2.03. The van der Waals surface area contributed by atoms with Gasteiger partial charge in [0.05, 0.1) is 0 Å². The van der Waals surface area contributed by atoms with Crippen LogP contribution in [0.3, 0.4) is 0 Å². The zero-order valence-electron chi connectivity index (χ0n) is 10.2. The second-order valence-corrected chi connectivity index (χ2v) is 5.99. The lowest BCUT2D eigenvalue weighted by Crippen LogP contribution is -2.35. The van der Waals surface area contributed by atoms with E-state index in [1.54, 1.807) is 0 Å². The van der Waals surface area contributed by atoms with Crippen molar-refractivity contribution in [1.29, 1.82) is 0 Å². The Morgan fingerprint density at radius 2 is 1.89 bits per heavy atom. The highest BCUT2D eigenvalue weighted by molar-refractivity contribution is 9.10. The van der Waals surface area contributed by atoms with Gasteiger partial charge < -0.3 is 5.73 Å². The molecule has 0 bridgehead atoms. The predicted octanol–water partition coefficient (Wildman–Crippen LogP) is 4.52. The van der Waals surface area contributed by atoms with E-state index in [0.29, 0.717) is 0 Å². The Bertz CT molecular complexity index is 552. The van der Waals surface area contributed by atoms with E-state index in [0.717, 1.165) is 21.5 Å². The summed E-state index contributed by atoms with van der Waals surface area (Å²) in [5.41, 5.74) is 8.24. The summed E-state index contributed by atoms with van der Waals surface area (Å²) in [5.74, 6) is 0. The molecule has 0 amide bonds. The first-order chi connectivity index (χ1) is 8.49. The maximum absolute atomic E-state index is 6.43. The topological polar surface area (TPSA) is 26.0 Å². The van der Waals surface area contributed by atoms with Crippen molar-refractivity contribution in [2.45, 2.75) is 18.9 Å². The van der Waals surface area contributed by atoms with Crippen molar-refractivity contribution in [3.8, 4) is 0 Å². The first-order valence-electron chi connectivity index (χ1n) is 5.77. The molecular formula is C15H15BrClN. The van der Waals surface area contributed by atoms with E-state index in [4.69, 9.17) is 17.3 Å². The third-order valence-electron chi connectivity index (χ3n) is 3.00. The fourth-order valence-electron chi connectivity index (χ4n) is 1.98. The molecule has 0 aliphatic carbocycles. The van der Waals surface area contributed by atoms with E-state index < -0.39 is 5.54 Å². The molecule has 2 N–H and O–H groups in total. The summed E-state index contributed by atoms with van der Waals surface area (Å²) < 4.78 is 1.09. The van der Waals surface area contributed by atoms with Crippen molar-refractivity contribution in [3.05, 3.63) is 69.2 Å². The Hall–Kier alpha value is -0.830. The maximum atomic E-state index is 6.43. The second-order valence-electron chi connectivity index (χ2n) is 4.70. The Morgan fingerprint density at radius 3 is 2.56 bits per heavy atom. The van der Waals surface area contributed by atoms with E-state index in [9.17, 15) is 0 Å². The fraction of sp³-hybridized carbons (Fsp3) is 0.200. The summed E-state index contributed by atoms with van der Waals surface area (Å²) in [7, 11) is 0. The zero-order chi connectivity index (χ0) is 13.2. The third-order valence-corrected chi connectivity index (χ3v) is 4.01. The minimum Gasteiger partial charge on any atom is -0.321 e. The van der Waals surface area contributed by atoms with Crippen molar-refractivity contribution in [2.75, 3.05) is 0 Å². The SMILES string of the molecule is CC(N)(Cc1ccccc1Br)c1cccc(Cl)c1. The van der Waals surface area contributed by atoms with Gasteiger partial charge in [-0.1, -0.05) is 57.9 Å². The zero-order valence-corrected chi connectivity index (χ0v) is 12.5. The average Bonchev–Trinajstić information content (AvgIpc) is 2.32. The minimum atomic E-state index is -0.436. The summed E-state index contributed by atoms with van der Waals surface area (Å²) in [4.78, 5) is 0. The van der Waals surface area contributed by atoms with Crippen LogP contribution in [0.5, 0.6) is 0 Å². The molecule has 0 spiro atoms. The number of hydrogen-bond acceptors (Lipinski definition) is 1. The van der Waals surface area contributed by atoms with Gasteiger partial charge in [0, 0.05) is 15.0 Å². The first kappa shape index (κ1) is 13.6. The summed E-state index contributed by atoms with van der Waals surface area (Å²) in [5, 5.41) is 0.719. The van der Waals surface area contributed by atoms with Crippen molar-refractivity contribution >= 4 is 27.5 Å². The van der Waals surface area contributed by atoms with Crippen LogP contribution in [0.25, 0.3) is 0 Å². The van der Waals surface area contributed by atoms with E-state index in [2.05, 4.69) is 22.0 Å². The van der Waals surface area contributed by atoms with E-state index >= 15 is 0 Å². The number of nitrogens with two attached hydrogens (primary N) is 1. The van der Waals surface area contributed by atoms with Crippen LogP contribution < -0.4 is 5.73 Å². The smallest absolute Gasteiger partial charge is 0.0422 e. The summed E-state index contributed by atoms with van der Waals surface area (Å²) >= 11 is 9.57. The molecule has 0 radical (unpaired) electrons. The Kier molecular flexibility index (Phi) is 4.10. The number of hydrogen-bond donors (Lipinski definition) is 1. The molecule has 1 unspecified atom stereocenters. The lowest BCUT2D eigenvalue weighted by atomic mass is 9.87. The first-order valence-corrected chi connectivity index (χ1v) is 6.94. The molecule has 0 heterocycles. The Morgan fingerprint density at radius 1 is 1.17 bits per heavy atom. The molecule has 0 saturated heterocycles. The van der Waals surface area contributed by atoms with Crippen molar-refractivity contribution in [2.24, 2.45) is 5.73 Å². The second kappa shape index (κ2) is 5.43. The number of benzene rings is 2.